The van der Waals surface area contributed by atoms with E-state index in [0.29, 0.717) is 13.0 Å². The number of amides is 2. The van der Waals surface area contributed by atoms with Crippen molar-refractivity contribution in [2.24, 2.45) is 0 Å². The van der Waals surface area contributed by atoms with Crippen molar-refractivity contribution in [3.8, 4) is 0 Å². The van der Waals surface area contributed by atoms with Gasteiger partial charge in [-0.15, -0.1) is 0 Å². The Morgan fingerprint density at radius 3 is 2.82 bits per heavy atom. The number of hydrogen-bond acceptors (Lipinski definition) is 4. The zero-order valence-electron chi connectivity index (χ0n) is 9.72. The van der Waals surface area contributed by atoms with E-state index in [4.69, 9.17) is 0 Å². The van der Waals surface area contributed by atoms with Crippen molar-refractivity contribution in [2.45, 2.75) is 19.4 Å². The fraction of sp³-hybridized carbons (Fsp3) is 0.417. The Morgan fingerprint density at radius 1 is 1.41 bits per heavy atom. The van der Waals surface area contributed by atoms with E-state index in [-0.39, 0.29) is 24.4 Å². The van der Waals surface area contributed by atoms with Gasteiger partial charge in [0.25, 0.3) is 0 Å². The predicted molar refractivity (Wildman–Crippen MR) is 62.1 cm³/mol. The van der Waals surface area contributed by atoms with Gasteiger partial charge in [-0.05, 0) is 31.0 Å². The Bertz CT molecular complexity index is 419. The quantitative estimate of drug-likeness (QED) is 0.745. The van der Waals surface area contributed by atoms with Gasteiger partial charge in [0.2, 0.25) is 11.8 Å². The highest BCUT2D eigenvalue weighted by atomic mass is 16.2. The first-order valence-corrected chi connectivity index (χ1v) is 5.65. The number of nitrogens with one attached hydrogen (secondary N) is 1. The molecule has 17 heavy (non-hydrogen) atoms. The molecule has 2 rings (SSSR count). The van der Waals surface area contributed by atoms with Crippen molar-refractivity contribution in [1.82, 2.24) is 15.2 Å². The number of imide groups is 1. The summed E-state index contributed by atoms with van der Waals surface area (Å²) in [4.78, 5) is 28.6. The maximum Gasteiger partial charge on any atom is 0.246 e. The van der Waals surface area contributed by atoms with Crippen molar-refractivity contribution >= 4 is 11.8 Å². The van der Waals surface area contributed by atoms with Gasteiger partial charge in [-0.25, -0.2) is 0 Å². The van der Waals surface area contributed by atoms with Gasteiger partial charge in [0.15, 0.2) is 0 Å². The standard InChI is InChI=1S/C12H15N3O2/c1-9-12(17)15(11(16)8-14-9)7-4-10-2-5-13-6-3-10/h2-3,5-6,9,14H,4,7-8H2,1H3. The van der Waals surface area contributed by atoms with E-state index in [1.165, 1.54) is 4.90 Å². The lowest BCUT2D eigenvalue weighted by Crippen LogP contribution is -2.57. The first kappa shape index (κ1) is 11.7. The van der Waals surface area contributed by atoms with E-state index in [9.17, 15) is 9.59 Å². The van der Waals surface area contributed by atoms with Gasteiger partial charge in [0.1, 0.15) is 0 Å². The summed E-state index contributed by atoms with van der Waals surface area (Å²) >= 11 is 0. The molecule has 0 radical (unpaired) electrons. The summed E-state index contributed by atoms with van der Waals surface area (Å²) in [5.74, 6) is -0.294. The molecule has 90 valence electrons. The fourth-order valence-corrected chi connectivity index (χ4v) is 1.81. The van der Waals surface area contributed by atoms with Gasteiger partial charge >= 0.3 is 0 Å². The zero-order chi connectivity index (χ0) is 12.3. The van der Waals surface area contributed by atoms with Crippen molar-refractivity contribution < 1.29 is 9.59 Å². The minimum atomic E-state index is -0.273. The van der Waals surface area contributed by atoms with Gasteiger partial charge in [0.05, 0.1) is 12.6 Å². The molecule has 2 amide bonds. The Labute approximate surface area is 99.8 Å². The number of carbonyl (C=O) groups excluding carboxylic acids is 2. The van der Waals surface area contributed by atoms with E-state index in [1.54, 1.807) is 19.3 Å². The second-order valence-electron chi connectivity index (χ2n) is 4.09. The van der Waals surface area contributed by atoms with Crippen LogP contribution in [0.25, 0.3) is 0 Å². The van der Waals surface area contributed by atoms with Gasteiger partial charge < -0.3 is 0 Å². The summed E-state index contributed by atoms with van der Waals surface area (Å²) < 4.78 is 0. The van der Waals surface area contributed by atoms with Crippen LogP contribution in [-0.2, 0) is 16.0 Å². The van der Waals surface area contributed by atoms with E-state index in [1.807, 2.05) is 12.1 Å². The highest BCUT2D eigenvalue weighted by Gasteiger charge is 2.30. The van der Waals surface area contributed by atoms with Crippen molar-refractivity contribution in [3.05, 3.63) is 30.1 Å². The number of pyridine rings is 1. The second-order valence-corrected chi connectivity index (χ2v) is 4.09. The Balaban J connectivity index is 1.98. The minimum Gasteiger partial charge on any atom is -0.298 e. The molecule has 1 aliphatic heterocycles. The van der Waals surface area contributed by atoms with Crippen LogP contribution in [0.15, 0.2) is 24.5 Å². The molecule has 1 aliphatic rings. The van der Waals surface area contributed by atoms with Crippen LogP contribution < -0.4 is 5.32 Å². The van der Waals surface area contributed by atoms with E-state index < -0.39 is 0 Å². The predicted octanol–water partition coefficient (Wildman–Crippen LogP) is -0.0290. The molecule has 1 N–H and O–H groups in total. The third kappa shape index (κ3) is 2.68. The lowest BCUT2D eigenvalue weighted by atomic mass is 10.1. The van der Waals surface area contributed by atoms with Crippen LogP contribution in [0.1, 0.15) is 12.5 Å². The van der Waals surface area contributed by atoms with E-state index in [0.717, 1.165) is 5.56 Å². The van der Waals surface area contributed by atoms with E-state index >= 15 is 0 Å². The van der Waals surface area contributed by atoms with Crippen LogP contribution in [0.3, 0.4) is 0 Å². The number of aromatic nitrogens is 1. The normalized spacial score (nSPS) is 20.8. The highest BCUT2D eigenvalue weighted by Crippen LogP contribution is 2.05. The van der Waals surface area contributed by atoms with Crippen LogP contribution in [0.5, 0.6) is 0 Å². The molecule has 0 aliphatic carbocycles. The number of carbonyl (C=O) groups is 2. The van der Waals surface area contributed by atoms with Crippen molar-refractivity contribution in [3.63, 3.8) is 0 Å². The maximum atomic E-state index is 11.8. The number of rotatable bonds is 3. The fourth-order valence-electron chi connectivity index (χ4n) is 1.81. The van der Waals surface area contributed by atoms with Gasteiger partial charge in [0, 0.05) is 18.9 Å². The average Bonchev–Trinajstić information content (AvgIpc) is 2.35. The van der Waals surface area contributed by atoms with E-state index in [2.05, 4.69) is 10.3 Å². The third-order valence-corrected chi connectivity index (χ3v) is 2.87. The summed E-state index contributed by atoms with van der Waals surface area (Å²) in [5.41, 5.74) is 1.08. The summed E-state index contributed by atoms with van der Waals surface area (Å²) in [7, 11) is 0. The highest BCUT2D eigenvalue weighted by molar-refractivity contribution is 6.00. The topological polar surface area (TPSA) is 62.3 Å². The largest absolute Gasteiger partial charge is 0.298 e. The smallest absolute Gasteiger partial charge is 0.246 e. The number of nitrogens with zero attached hydrogens (tertiary/aromatic N) is 2. The molecule has 0 bridgehead atoms. The summed E-state index contributed by atoms with van der Waals surface area (Å²) in [5, 5.41) is 2.86. The molecule has 5 heteroatoms. The molecule has 0 saturated carbocycles. The SMILES string of the molecule is CC1NCC(=O)N(CCc2ccncc2)C1=O. The third-order valence-electron chi connectivity index (χ3n) is 2.87. The average molecular weight is 233 g/mol. The molecular formula is C12H15N3O2. The minimum absolute atomic E-state index is 0.143. The number of hydrogen-bond donors (Lipinski definition) is 1. The van der Waals surface area contributed by atoms with Crippen LogP contribution in [0, 0.1) is 0 Å². The van der Waals surface area contributed by atoms with Crippen molar-refractivity contribution in [1.29, 1.82) is 0 Å². The number of piperazine rings is 1. The molecule has 1 saturated heterocycles. The monoisotopic (exact) mass is 233 g/mol. The molecule has 1 unspecified atom stereocenters. The summed E-state index contributed by atoms with van der Waals surface area (Å²) in [6.07, 6.45) is 4.09. The lowest BCUT2D eigenvalue weighted by Gasteiger charge is -2.29. The lowest BCUT2D eigenvalue weighted by molar-refractivity contribution is -0.148. The maximum absolute atomic E-state index is 11.8. The zero-order valence-corrected chi connectivity index (χ0v) is 9.72. The van der Waals surface area contributed by atoms with Crippen LogP contribution in [0.4, 0.5) is 0 Å². The van der Waals surface area contributed by atoms with Crippen LogP contribution in [-0.4, -0.2) is 40.8 Å². The molecule has 2 heterocycles. The Kier molecular flexibility index (Phi) is 3.49. The van der Waals surface area contributed by atoms with Crippen LogP contribution in [0.2, 0.25) is 0 Å². The molecule has 1 atom stereocenters. The summed E-state index contributed by atoms with van der Waals surface area (Å²) in [6, 6.07) is 3.51. The molecular weight excluding hydrogens is 218 g/mol. The van der Waals surface area contributed by atoms with Crippen LogP contribution >= 0.6 is 0 Å². The summed E-state index contributed by atoms with van der Waals surface area (Å²) in [6.45, 7) is 2.45. The van der Waals surface area contributed by atoms with Gasteiger partial charge in [-0.1, -0.05) is 0 Å². The second kappa shape index (κ2) is 5.05. The molecule has 0 aromatic carbocycles. The van der Waals surface area contributed by atoms with Gasteiger partial charge in [-0.3, -0.25) is 24.8 Å². The Hall–Kier alpha value is -1.75. The first-order valence-electron chi connectivity index (χ1n) is 5.65. The molecule has 5 nitrogen and oxygen atoms in total. The molecule has 1 aromatic heterocycles. The molecule has 1 fully saturated rings. The molecule has 1 aromatic rings. The van der Waals surface area contributed by atoms with Crippen molar-refractivity contribution in [2.75, 3.05) is 13.1 Å². The van der Waals surface area contributed by atoms with Gasteiger partial charge in [-0.2, -0.15) is 0 Å². The Morgan fingerprint density at radius 2 is 2.12 bits per heavy atom. The molecule has 0 spiro atoms. The first-order chi connectivity index (χ1) is 8.18.